The third-order valence-corrected chi connectivity index (χ3v) is 2.68. The first kappa shape index (κ1) is 11.3. The van der Waals surface area contributed by atoms with Crippen LogP contribution in [0.25, 0.3) is 10.8 Å². The molecule has 1 amide bonds. The van der Waals surface area contributed by atoms with Crippen molar-refractivity contribution in [2.24, 2.45) is 0 Å². The largest absolute Gasteiger partial charge is 0.343 e. The lowest BCUT2D eigenvalue weighted by Gasteiger charge is -2.05. The van der Waals surface area contributed by atoms with E-state index in [9.17, 15) is 4.79 Å². The molecule has 0 fully saturated rings. The molecule has 0 radical (unpaired) electrons. The van der Waals surface area contributed by atoms with Gasteiger partial charge in [0.2, 0.25) is 0 Å². The smallest absolute Gasteiger partial charge is 0.270 e. The average molecular weight is 254 g/mol. The molecule has 0 atom stereocenters. The van der Waals surface area contributed by atoms with Crippen molar-refractivity contribution in [2.45, 2.75) is 6.54 Å². The van der Waals surface area contributed by atoms with Crippen molar-refractivity contribution >= 4 is 16.7 Å². The highest BCUT2D eigenvalue weighted by Crippen LogP contribution is 2.15. The Hall–Kier alpha value is -2.83. The second-order valence-corrected chi connectivity index (χ2v) is 3.89. The van der Waals surface area contributed by atoms with Crippen molar-refractivity contribution in [3.63, 3.8) is 0 Å². The monoisotopic (exact) mass is 254 g/mol. The van der Waals surface area contributed by atoms with Gasteiger partial charge in [-0.2, -0.15) is 5.21 Å². The van der Waals surface area contributed by atoms with Crippen molar-refractivity contribution in [1.29, 1.82) is 0 Å². The van der Waals surface area contributed by atoms with Crippen molar-refractivity contribution < 1.29 is 4.79 Å². The standard InChI is InChI=1S/C12H10N6O/c19-12(14-7-10-15-17-18-16-10)11-9-4-2-1-3-8(9)5-6-13-11/h1-6H,7H2,(H,14,19)(H,15,16,17,18). The molecule has 0 spiro atoms. The molecule has 7 nitrogen and oxygen atoms in total. The van der Waals surface area contributed by atoms with Gasteiger partial charge in [0.1, 0.15) is 5.69 Å². The first-order chi connectivity index (χ1) is 9.34. The van der Waals surface area contributed by atoms with Gasteiger partial charge >= 0.3 is 0 Å². The van der Waals surface area contributed by atoms with Crippen LogP contribution in [0, 0.1) is 0 Å². The molecule has 1 aromatic carbocycles. The summed E-state index contributed by atoms with van der Waals surface area (Å²) in [6.45, 7) is 0.209. The summed E-state index contributed by atoms with van der Waals surface area (Å²) in [5, 5.41) is 17.8. The quantitative estimate of drug-likeness (QED) is 0.716. The third kappa shape index (κ3) is 2.25. The molecule has 3 rings (SSSR count). The Morgan fingerprint density at radius 1 is 1.26 bits per heavy atom. The number of rotatable bonds is 3. The lowest BCUT2D eigenvalue weighted by atomic mass is 10.1. The fourth-order valence-electron chi connectivity index (χ4n) is 1.80. The summed E-state index contributed by atoms with van der Waals surface area (Å²) >= 11 is 0. The molecule has 0 saturated heterocycles. The summed E-state index contributed by atoms with van der Waals surface area (Å²) in [6, 6.07) is 9.47. The van der Waals surface area contributed by atoms with Crippen LogP contribution in [0.5, 0.6) is 0 Å². The van der Waals surface area contributed by atoms with Crippen LogP contribution in [-0.4, -0.2) is 31.5 Å². The van der Waals surface area contributed by atoms with Gasteiger partial charge in [-0.05, 0) is 11.5 Å². The van der Waals surface area contributed by atoms with Gasteiger partial charge in [-0.1, -0.05) is 29.5 Å². The Morgan fingerprint density at radius 2 is 2.16 bits per heavy atom. The number of aromatic amines is 1. The van der Waals surface area contributed by atoms with E-state index in [1.54, 1.807) is 6.20 Å². The van der Waals surface area contributed by atoms with Crippen LogP contribution in [0.4, 0.5) is 0 Å². The van der Waals surface area contributed by atoms with Crippen molar-refractivity contribution in [3.05, 3.63) is 48.0 Å². The van der Waals surface area contributed by atoms with Gasteiger partial charge in [0.05, 0.1) is 6.54 Å². The number of fused-ring (bicyclic) bond motifs is 1. The minimum Gasteiger partial charge on any atom is -0.343 e. The highest BCUT2D eigenvalue weighted by atomic mass is 16.1. The number of benzene rings is 1. The van der Waals surface area contributed by atoms with E-state index in [4.69, 9.17) is 0 Å². The molecular weight excluding hydrogens is 244 g/mol. The molecule has 2 heterocycles. The molecule has 3 aromatic rings. The molecule has 0 unspecified atom stereocenters. The van der Waals surface area contributed by atoms with Crippen molar-refractivity contribution in [2.75, 3.05) is 0 Å². The normalized spacial score (nSPS) is 10.5. The number of H-pyrrole nitrogens is 1. The molecule has 0 aliphatic carbocycles. The van der Waals surface area contributed by atoms with E-state index in [0.717, 1.165) is 10.8 Å². The fourth-order valence-corrected chi connectivity index (χ4v) is 1.80. The number of hydrogen-bond donors (Lipinski definition) is 2. The van der Waals surface area contributed by atoms with E-state index in [1.165, 1.54) is 0 Å². The predicted molar refractivity (Wildman–Crippen MR) is 67.1 cm³/mol. The van der Waals surface area contributed by atoms with Crippen LogP contribution in [-0.2, 0) is 6.54 Å². The van der Waals surface area contributed by atoms with Crippen molar-refractivity contribution in [1.82, 2.24) is 30.9 Å². The van der Waals surface area contributed by atoms with Crippen LogP contribution < -0.4 is 5.32 Å². The zero-order chi connectivity index (χ0) is 13.1. The van der Waals surface area contributed by atoms with Crippen LogP contribution in [0.2, 0.25) is 0 Å². The molecule has 7 heteroatoms. The van der Waals surface area contributed by atoms with E-state index >= 15 is 0 Å². The number of nitrogens with zero attached hydrogens (tertiary/aromatic N) is 4. The molecule has 19 heavy (non-hydrogen) atoms. The summed E-state index contributed by atoms with van der Waals surface area (Å²) in [5.41, 5.74) is 0.390. The first-order valence-corrected chi connectivity index (χ1v) is 5.69. The predicted octanol–water partition coefficient (Wildman–Crippen LogP) is 0.678. The molecule has 0 bridgehead atoms. The topological polar surface area (TPSA) is 96.5 Å². The second-order valence-electron chi connectivity index (χ2n) is 3.89. The number of pyridine rings is 1. The van der Waals surface area contributed by atoms with E-state index in [-0.39, 0.29) is 12.5 Å². The zero-order valence-corrected chi connectivity index (χ0v) is 9.87. The highest BCUT2D eigenvalue weighted by Gasteiger charge is 2.11. The Balaban J connectivity index is 1.85. The third-order valence-electron chi connectivity index (χ3n) is 2.68. The van der Waals surface area contributed by atoms with E-state index < -0.39 is 0 Å². The number of carbonyl (C=O) groups is 1. The molecule has 0 aliphatic heterocycles. The summed E-state index contributed by atoms with van der Waals surface area (Å²) in [7, 11) is 0. The van der Waals surface area contributed by atoms with Gasteiger partial charge < -0.3 is 5.32 Å². The van der Waals surface area contributed by atoms with Crippen LogP contribution in [0.15, 0.2) is 36.5 Å². The molecule has 0 aliphatic rings. The number of amides is 1. The van der Waals surface area contributed by atoms with Gasteiger partial charge in [0.25, 0.3) is 5.91 Å². The summed E-state index contributed by atoms with van der Waals surface area (Å²) in [5.74, 6) is 0.162. The Morgan fingerprint density at radius 3 is 3.00 bits per heavy atom. The van der Waals surface area contributed by atoms with Gasteiger partial charge in [0.15, 0.2) is 5.82 Å². The van der Waals surface area contributed by atoms with Gasteiger partial charge in [-0.15, -0.1) is 10.2 Å². The molecule has 0 saturated carbocycles. The Kier molecular flexibility index (Phi) is 2.85. The number of carbonyl (C=O) groups excluding carboxylic acids is 1. The van der Waals surface area contributed by atoms with Crippen LogP contribution in [0.3, 0.4) is 0 Å². The number of nitrogens with one attached hydrogen (secondary N) is 2. The first-order valence-electron chi connectivity index (χ1n) is 5.69. The zero-order valence-electron chi connectivity index (χ0n) is 9.87. The Bertz CT molecular complexity index is 704. The lowest BCUT2D eigenvalue weighted by molar-refractivity contribution is 0.0947. The number of hydrogen-bond acceptors (Lipinski definition) is 5. The minimum atomic E-state index is -0.262. The van der Waals surface area contributed by atoms with Crippen molar-refractivity contribution in [3.8, 4) is 0 Å². The SMILES string of the molecule is O=C(NCc1nn[nH]n1)c1nccc2ccccc12. The van der Waals surface area contributed by atoms with E-state index in [1.807, 2.05) is 30.3 Å². The fraction of sp³-hybridized carbons (Fsp3) is 0.0833. The maximum atomic E-state index is 12.1. The molecule has 2 aromatic heterocycles. The Labute approximate surface area is 108 Å². The summed E-state index contributed by atoms with van der Waals surface area (Å²) in [6.07, 6.45) is 1.62. The minimum absolute atomic E-state index is 0.209. The highest BCUT2D eigenvalue weighted by molar-refractivity contribution is 6.05. The van der Waals surface area contributed by atoms with E-state index in [2.05, 4.69) is 30.9 Å². The van der Waals surface area contributed by atoms with Gasteiger partial charge in [-0.25, -0.2) is 0 Å². The maximum absolute atomic E-state index is 12.1. The number of tetrazole rings is 1. The van der Waals surface area contributed by atoms with Gasteiger partial charge in [-0.3, -0.25) is 9.78 Å². The van der Waals surface area contributed by atoms with E-state index in [0.29, 0.717) is 11.5 Å². The average Bonchev–Trinajstić information content (AvgIpc) is 2.97. The maximum Gasteiger partial charge on any atom is 0.270 e. The second kappa shape index (κ2) is 4.81. The van der Waals surface area contributed by atoms with Crippen LogP contribution in [0.1, 0.15) is 16.3 Å². The lowest BCUT2D eigenvalue weighted by Crippen LogP contribution is -2.24. The summed E-state index contributed by atoms with van der Waals surface area (Å²) < 4.78 is 0. The van der Waals surface area contributed by atoms with Gasteiger partial charge in [0, 0.05) is 11.6 Å². The van der Waals surface area contributed by atoms with Crippen LogP contribution >= 0.6 is 0 Å². The molecule has 94 valence electrons. The molecule has 2 N–H and O–H groups in total. The summed E-state index contributed by atoms with van der Waals surface area (Å²) in [4.78, 5) is 16.2. The molecular formula is C12H10N6O. The number of aromatic nitrogens is 5.